The average Bonchev–Trinajstić information content (AvgIpc) is 2.39. The third-order valence-corrected chi connectivity index (χ3v) is 2.15. The summed E-state index contributed by atoms with van der Waals surface area (Å²) in [5, 5.41) is 17.1. The zero-order valence-corrected chi connectivity index (χ0v) is 11.0. The van der Waals surface area contributed by atoms with Crippen molar-refractivity contribution in [3.05, 3.63) is 0 Å². The molecule has 0 saturated heterocycles. The summed E-state index contributed by atoms with van der Waals surface area (Å²) >= 11 is 0. The third-order valence-electron chi connectivity index (χ3n) is 2.15. The van der Waals surface area contributed by atoms with Crippen LogP contribution in [0.5, 0.6) is 0 Å². The van der Waals surface area contributed by atoms with Crippen molar-refractivity contribution in [2.45, 2.75) is 51.4 Å². The van der Waals surface area contributed by atoms with E-state index < -0.39 is 0 Å². The second-order valence-electron chi connectivity index (χ2n) is 3.78. The van der Waals surface area contributed by atoms with Crippen LogP contribution in [0.1, 0.15) is 51.4 Å². The Morgan fingerprint density at radius 2 is 1.00 bits per heavy atom. The van der Waals surface area contributed by atoms with Crippen LogP contribution in [0.4, 0.5) is 0 Å². The number of unbranched alkanes of at least 4 members (excludes halogenated alkanes) is 4. The molecule has 18 heavy (non-hydrogen) atoms. The average molecular weight is 246 g/mol. The lowest BCUT2D eigenvalue weighted by Crippen LogP contribution is -1.81. The van der Waals surface area contributed by atoms with Gasteiger partial charge < -0.3 is 10.2 Å². The fraction of sp³-hybridized carbons (Fsp3) is 0.625. The third kappa shape index (κ3) is 14.6. The Kier molecular flexibility index (Phi) is 14.4. The molecule has 0 atom stereocenters. The molecule has 98 valence electrons. The first-order valence-corrected chi connectivity index (χ1v) is 6.50. The number of aliphatic hydroxyl groups excluding tert-OH is 2. The summed E-state index contributed by atoms with van der Waals surface area (Å²) < 4.78 is 0. The standard InChI is InChI=1S/C16H22O2/c17-15-13-11-9-7-5-3-1-2-4-6-8-10-12-14-16-18/h17-18H,1,6-7,9,11-16H2. The van der Waals surface area contributed by atoms with Gasteiger partial charge in [0, 0.05) is 26.1 Å². The van der Waals surface area contributed by atoms with E-state index in [-0.39, 0.29) is 13.2 Å². The molecular weight excluding hydrogens is 224 g/mol. The summed E-state index contributed by atoms with van der Waals surface area (Å²) in [7, 11) is 0. The van der Waals surface area contributed by atoms with Gasteiger partial charge in [0.25, 0.3) is 0 Å². The molecule has 0 rings (SSSR count). The van der Waals surface area contributed by atoms with Gasteiger partial charge in [-0.2, -0.15) is 0 Å². The molecule has 0 spiro atoms. The molecule has 0 unspecified atom stereocenters. The van der Waals surface area contributed by atoms with Crippen molar-refractivity contribution < 1.29 is 10.2 Å². The number of hydrogen-bond acceptors (Lipinski definition) is 2. The van der Waals surface area contributed by atoms with Crippen LogP contribution in [-0.2, 0) is 0 Å². The first-order valence-electron chi connectivity index (χ1n) is 6.50. The molecule has 0 aliphatic carbocycles. The SMILES string of the molecule is OCCCC#CCC#CCC#CCCCCCO. The first kappa shape index (κ1) is 16.6. The van der Waals surface area contributed by atoms with Gasteiger partial charge >= 0.3 is 0 Å². The highest BCUT2D eigenvalue weighted by atomic mass is 16.3. The van der Waals surface area contributed by atoms with Gasteiger partial charge in [0.15, 0.2) is 0 Å². The van der Waals surface area contributed by atoms with E-state index in [9.17, 15) is 0 Å². The van der Waals surface area contributed by atoms with Gasteiger partial charge in [-0.15, -0.1) is 11.8 Å². The maximum absolute atomic E-state index is 8.58. The van der Waals surface area contributed by atoms with E-state index in [1.807, 2.05) is 0 Å². The molecule has 0 bridgehead atoms. The molecular formula is C16H22O2. The fourth-order valence-electron chi connectivity index (χ4n) is 1.18. The fourth-order valence-corrected chi connectivity index (χ4v) is 1.18. The van der Waals surface area contributed by atoms with E-state index in [1.54, 1.807) is 0 Å². The molecule has 0 aromatic heterocycles. The number of rotatable bonds is 6. The molecule has 0 aromatic rings. The molecule has 0 aliphatic heterocycles. The Morgan fingerprint density at radius 1 is 0.500 bits per heavy atom. The summed E-state index contributed by atoms with van der Waals surface area (Å²) in [4.78, 5) is 0. The number of aliphatic hydroxyl groups is 2. The quantitative estimate of drug-likeness (QED) is 0.556. The monoisotopic (exact) mass is 246 g/mol. The highest BCUT2D eigenvalue weighted by molar-refractivity contribution is 5.16. The second-order valence-corrected chi connectivity index (χ2v) is 3.78. The first-order chi connectivity index (χ1) is 8.91. The summed E-state index contributed by atoms with van der Waals surface area (Å²) in [5.74, 6) is 17.9. The Morgan fingerprint density at radius 3 is 1.56 bits per heavy atom. The van der Waals surface area contributed by atoms with Gasteiger partial charge in [0.1, 0.15) is 0 Å². The molecule has 0 radical (unpaired) electrons. The Labute approximate surface area is 111 Å². The van der Waals surface area contributed by atoms with Crippen LogP contribution in [0, 0.1) is 35.5 Å². The van der Waals surface area contributed by atoms with Gasteiger partial charge in [0.2, 0.25) is 0 Å². The molecule has 0 saturated carbocycles. The van der Waals surface area contributed by atoms with Crippen molar-refractivity contribution >= 4 is 0 Å². The maximum Gasteiger partial charge on any atom is 0.0702 e. The Balaban J connectivity index is 3.42. The highest BCUT2D eigenvalue weighted by Gasteiger charge is 1.83. The van der Waals surface area contributed by atoms with E-state index >= 15 is 0 Å². The molecule has 0 aliphatic rings. The molecule has 0 amide bonds. The van der Waals surface area contributed by atoms with Crippen molar-refractivity contribution in [1.29, 1.82) is 0 Å². The molecule has 0 aromatic carbocycles. The van der Waals surface area contributed by atoms with E-state index in [0.717, 1.165) is 38.5 Å². The van der Waals surface area contributed by atoms with Crippen LogP contribution in [0.25, 0.3) is 0 Å². The van der Waals surface area contributed by atoms with Crippen molar-refractivity contribution in [3.63, 3.8) is 0 Å². The topological polar surface area (TPSA) is 40.5 Å². The van der Waals surface area contributed by atoms with Crippen LogP contribution in [0.15, 0.2) is 0 Å². The largest absolute Gasteiger partial charge is 0.396 e. The van der Waals surface area contributed by atoms with Crippen LogP contribution in [-0.4, -0.2) is 23.4 Å². The van der Waals surface area contributed by atoms with Crippen molar-refractivity contribution in [2.24, 2.45) is 0 Å². The van der Waals surface area contributed by atoms with Gasteiger partial charge in [-0.1, -0.05) is 30.1 Å². The summed E-state index contributed by atoms with van der Waals surface area (Å²) in [5.41, 5.74) is 0. The van der Waals surface area contributed by atoms with Gasteiger partial charge in [-0.05, 0) is 19.3 Å². The Hall–Kier alpha value is -1.40. The predicted octanol–water partition coefficient (Wildman–Crippen LogP) is 2.10. The smallest absolute Gasteiger partial charge is 0.0702 e. The normalized spacial score (nSPS) is 8.33. The second kappa shape index (κ2) is 15.6. The summed E-state index contributed by atoms with van der Waals surface area (Å²) in [6.45, 7) is 0.479. The van der Waals surface area contributed by atoms with Crippen LogP contribution >= 0.6 is 0 Å². The van der Waals surface area contributed by atoms with Crippen LogP contribution in [0.2, 0.25) is 0 Å². The van der Waals surface area contributed by atoms with E-state index in [2.05, 4.69) is 35.5 Å². The van der Waals surface area contributed by atoms with E-state index in [1.165, 1.54) is 0 Å². The zero-order chi connectivity index (χ0) is 13.3. The minimum absolute atomic E-state index is 0.203. The Bertz CT molecular complexity index is 352. The van der Waals surface area contributed by atoms with Gasteiger partial charge in [-0.3, -0.25) is 0 Å². The summed E-state index contributed by atoms with van der Waals surface area (Å²) in [6, 6.07) is 0. The summed E-state index contributed by atoms with van der Waals surface area (Å²) in [6.07, 6.45) is 6.53. The van der Waals surface area contributed by atoms with Crippen molar-refractivity contribution in [2.75, 3.05) is 13.2 Å². The zero-order valence-electron chi connectivity index (χ0n) is 11.0. The van der Waals surface area contributed by atoms with Crippen LogP contribution < -0.4 is 0 Å². The van der Waals surface area contributed by atoms with E-state index in [4.69, 9.17) is 10.2 Å². The highest BCUT2D eigenvalue weighted by Crippen LogP contribution is 1.97. The van der Waals surface area contributed by atoms with Gasteiger partial charge in [-0.25, -0.2) is 0 Å². The molecule has 0 heterocycles. The van der Waals surface area contributed by atoms with E-state index in [0.29, 0.717) is 12.8 Å². The molecule has 0 fully saturated rings. The maximum atomic E-state index is 8.58. The minimum Gasteiger partial charge on any atom is -0.396 e. The molecule has 2 nitrogen and oxygen atoms in total. The molecule has 2 N–H and O–H groups in total. The van der Waals surface area contributed by atoms with Crippen molar-refractivity contribution in [1.82, 2.24) is 0 Å². The lowest BCUT2D eigenvalue weighted by Gasteiger charge is -1.90. The van der Waals surface area contributed by atoms with Crippen molar-refractivity contribution in [3.8, 4) is 35.5 Å². The minimum atomic E-state index is 0.203. The number of hydrogen-bond donors (Lipinski definition) is 2. The van der Waals surface area contributed by atoms with Crippen LogP contribution in [0.3, 0.4) is 0 Å². The lowest BCUT2D eigenvalue weighted by atomic mass is 10.2. The lowest BCUT2D eigenvalue weighted by molar-refractivity contribution is 0.283. The molecule has 2 heteroatoms. The predicted molar refractivity (Wildman–Crippen MR) is 74.4 cm³/mol. The van der Waals surface area contributed by atoms with Gasteiger partial charge in [0.05, 0.1) is 12.8 Å².